The Balaban J connectivity index is 1.69. The molecule has 2 aromatic carbocycles. The number of halogens is 1. The second-order valence-corrected chi connectivity index (χ2v) is 6.66. The van der Waals surface area contributed by atoms with Gasteiger partial charge in [0.2, 0.25) is 0 Å². The summed E-state index contributed by atoms with van der Waals surface area (Å²) >= 11 is 5.17. The highest BCUT2D eigenvalue weighted by molar-refractivity contribution is 9.10. The van der Waals surface area contributed by atoms with E-state index in [4.69, 9.17) is 4.74 Å². The Kier molecular flexibility index (Phi) is 4.51. The van der Waals surface area contributed by atoms with Crippen molar-refractivity contribution in [2.45, 2.75) is 4.90 Å². The number of carbonyl (C=O) groups excluding carboxylic acids is 1. The molecule has 1 heterocycles. The van der Waals surface area contributed by atoms with Crippen LogP contribution in [0.1, 0.15) is 0 Å². The van der Waals surface area contributed by atoms with Gasteiger partial charge >= 0.3 is 0 Å². The van der Waals surface area contributed by atoms with E-state index in [-0.39, 0.29) is 12.5 Å². The quantitative estimate of drug-likeness (QED) is 0.826. The van der Waals surface area contributed by atoms with E-state index in [0.29, 0.717) is 5.75 Å². The lowest BCUT2D eigenvalue weighted by molar-refractivity contribution is -0.120. The molecule has 3 rings (SSSR count). The van der Waals surface area contributed by atoms with Crippen molar-refractivity contribution in [3.63, 3.8) is 0 Å². The van der Waals surface area contributed by atoms with Crippen LogP contribution in [-0.2, 0) is 4.79 Å². The normalized spacial score (nSPS) is 13.7. The number of hydrogen-bond donors (Lipinski definition) is 0. The van der Waals surface area contributed by atoms with Gasteiger partial charge in [0.15, 0.2) is 6.61 Å². The van der Waals surface area contributed by atoms with Crippen LogP contribution in [0.25, 0.3) is 0 Å². The van der Waals surface area contributed by atoms with Gasteiger partial charge in [-0.2, -0.15) is 0 Å². The van der Waals surface area contributed by atoms with Crippen LogP contribution in [0.4, 0.5) is 5.69 Å². The number of benzene rings is 2. The first kappa shape index (κ1) is 14.5. The number of carbonyl (C=O) groups is 1. The predicted octanol–water partition coefficient (Wildman–Crippen LogP) is 3.97. The van der Waals surface area contributed by atoms with E-state index in [1.807, 2.05) is 47.4 Å². The molecule has 0 saturated heterocycles. The first-order chi connectivity index (χ1) is 10.2. The van der Waals surface area contributed by atoms with E-state index in [9.17, 15) is 4.79 Å². The van der Waals surface area contributed by atoms with Gasteiger partial charge in [0, 0.05) is 21.7 Å². The van der Waals surface area contributed by atoms with E-state index in [2.05, 4.69) is 22.0 Å². The molecule has 0 bridgehead atoms. The van der Waals surface area contributed by atoms with Crippen molar-refractivity contribution >= 4 is 39.3 Å². The molecule has 3 nitrogen and oxygen atoms in total. The number of para-hydroxylation sites is 1. The number of rotatable bonds is 3. The molecule has 108 valence electrons. The number of ether oxygens (including phenoxy) is 1. The van der Waals surface area contributed by atoms with Crippen LogP contribution in [0.3, 0.4) is 0 Å². The fourth-order valence-electron chi connectivity index (χ4n) is 2.21. The zero-order chi connectivity index (χ0) is 14.7. The topological polar surface area (TPSA) is 29.5 Å². The molecule has 5 heteroatoms. The molecule has 2 aromatic rings. The summed E-state index contributed by atoms with van der Waals surface area (Å²) in [7, 11) is 0. The Hall–Kier alpha value is -1.46. The maximum absolute atomic E-state index is 12.4. The van der Waals surface area contributed by atoms with Gasteiger partial charge in [-0.05, 0) is 30.3 Å². The van der Waals surface area contributed by atoms with E-state index < -0.39 is 0 Å². The van der Waals surface area contributed by atoms with Crippen LogP contribution in [0.2, 0.25) is 0 Å². The zero-order valence-electron chi connectivity index (χ0n) is 11.3. The van der Waals surface area contributed by atoms with Crippen LogP contribution >= 0.6 is 27.7 Å². The third-order valence-corrected chi connectivity index (χ3v) is 4.72. The summed E-state index contributed by atoms with van der Waals surface area (Å²) in [6.45, 7) is 0.776. The molecule has 0 radical (unpaired) electrons. The molecule has 1 aliphatic rings. The molecule has 0 unspecified atom stereocenters. The average Bonchev–Trinajstić information content (AvgIpc) is 2.52. The average molecular weight is 364 g/mol. The van der Waals surface area contributed by atoms with Crippen molar-refractivity contribution in [2.24, 2.45) is 0 Å². The van der Waals surface area contributed by atoms with E-state index in [1.54, 1.807) is 11.8 Å². The van der Waals surface area contributed by atoms with Crippen LogP contribution < -0.4 is 9.64 Å². The van der Waals surface area contributed by atoms with E-state index in [0.717, 1.165) is 27.4 Å². The van der Waals surface area contributed by atoms with Crippen molar-refractivity contribution in [1.29, 1.82) is 0 Å². The van der Waals surface area contributed by atoms with Gasteiger partial charge in [0.05, 0.1) is 5.69 Å². The Morgan fingerprint density at radius 1 is 1.24 bits per heavy atom. The van der Waals surface area contributed by atoms with Crippen molar-refractivity contribution in [3.05, 3.63) is 53.0 Å². The van der Waals surface area contributed by atoms with E-state index >= 15 is 0 Å². The first-order valence-electron chi connectivity index (χ1n) is 6.64. The summed E-state index contributed by atoms with van der Waals surface area (Å²) in [6, 6.07) is 15.5. The highest BCUT2D eigenvalue weighted by Gasteiger charge is 2.22. The Labute approximate surface area is 136 Å². The first-order valence-corrected chi connectivity index (χ1v) is 8.42. The second kappa shape index (κ2) is 6.54. The monoisotopic (exact) mass is 363 g/mol. The molecule has 0 N–H and O–H groups in total. The standard InChI is InChI=1S/C16H14BrNO2S/c17-12-4-3-5-13(10-12)20-11-16(19)18-8-9-21-15-7-2-1-6-14(15)18/h1-7,10H,8-9,11H2. The lowest BCUT2D eigenvalue weighted by Gasteiger charge is -2.28. The van der Waals surface area contributed by atoms with Crippen LogP contribution in [0.15, 0.2) is 57.9 Å². The van der Waals surface area contributed by atoms with Crippen molar-refractivity contribution in [2.75, 3.05) is 23.8 Å². The molecule has 21 heavy (non-hydrogen) atoms. The number of hydrogen-bond acceptors (Lipinski definition) is 3. The largest absolute Gasteiger partial charge is 0.484 e. The smallest absolute Gasteiger partial charge is 0.264 e. The van der Waals surface area contributed by atoms with Gasteiger partial charge in [-0.15, -0.1) is 11.8 Å². The maximum Gasteiger partial charge on any atom is 0.264 e. The Morgan fingerprint density at radius 2 is 2.10 bits per heavy atom. The summed E-state index contributed by atoms with van der Waals surface area (Å²) < 4.78 is 6.53. The molecule has 0 fully saturated rings. The molecule has 0 aromatic heterocycles. The molecule has 0 aliphatic carbocycles. The number of nitrogens with zero attached hydrogens (tertiary/aromatic N) is 1. The molecular formula is C16H14BrNO2S. The fourth-order valence-corrected chi connectivity index (χ4v) is 3.58. The van der Waals surface area contributed by atoms with Gasteiger partial charge in [0.1, 0.15) is 5.75 Å². The Morgan fingerprint density at radius 3 is 2.95 bits per heavy atom. The minimum absolute atomic E-state index is 0.0114. The fraction of sp³-hybridized carbons (Fsp3) is 0.188. The molecular weight excluding hydrogens is 350 g/mol. The highest BCUT2D eigenvalue weighted by atomic mass is 79.9. The van der Waals surface area contributed by atoms with E-state index in [1.165, 1.54) is 0 Å². The van der Waals surface area contributed by atoms with Gasteiger partial charge in [-0.3, -0.25) is 4.79 Å². The number of anilines is 1. The SMILES string of the molecule is O=C(COc1cccc(Br)c1)N1CCSc2ccccc21. The number of thioether (sulfide) groups is 1. The summed E-state index contributed by atoms with van der Waals surface area (Å²) in [5.41, 5.74) is 0.983. The molecule has 0 saturated carbocycles. The summed E-state index contributed by atoms with van der Waals surface area (Å²) in [4.78, 5) is 15.4. The number of fused-ring (bicyclic) bond motifs is 1. The lowest BCUT2D eigenvalue weighted by atomic mass is 10.2. The lowest BCUT2D eigenvalue weighted by Crippen LogP contribution is -2.38. The minimum atomic E-state index is -0.0114. The summed E-state index contributed by atoms with van der Waals surface area (Å²) in [5, 5.41) is 0. The summed E-state index contributed by atoms with van der Waals surface area (Å²) in [6.07, 6.45) is 0. The zero-order valence-corrected chi connectivity index (χ0v) is 13.7. The third-order valence-electron chi connectivity index (χ3n) is 3.19. The predicted molar refractivity (Wildman–Crippen MR) is 89.2 cm³/mol. The van der Waals surface area contributed by atoms with Gasteiger partial charge in [0.25, 0.3) is 5.91 Å². The van der Waals surface area contributed by atoms with Crippen LogP contribution in [0, 0.1) is 0 Å². The van der Waals surface area contributed by atoms with Crippen molar-refractivity contribution < 1.29 is 9.53 Å². The van der Waals surface area contributed by atoms with Gasteiger partial charge < -0.3 is 9.64 Å². The molecule has 1 amide bonds. The Bertz CT molecular complexity index is 662. The molecule has 1 aliphatic heterocycles. The van der Waals surface area contributed by atoms with Crippen molar-refractivity contribution in [1.82, 2.24) is 0 Å². The minimum Gasteiger partial charge on any atom is -0.484 e. The number of amides is 1. The third kappa shape index (κ3) is 3.41. The second-order valence-electron chi connectivity index (χ2n) is 4.61. The summed E-state index contributed by atoms with van der Waals surface area (Å²) in [5.74, 6) is 1.60. The molecule has 0 spiro atoms. The van der Waals surface area contributed by atoms with Crippen molar-refractivity contribution in [3.8, 4) is 5.75 Å². The highest BCUT2D eigenvalue weighted by Crippen LogP contribution is 2.34. The van der Waals surface area contributed by atoms with Crippen LogP contribution in [0.5, 0.6) is 5.75 Å². The molecule has 0 atom stereocenters. The maximum atomic E-state index is 12.4. The van der Waals surface area contributed by atoms with Crippen LogP contribution in [-0.4, -0.2) is 24.8 Å². The van der Waals surface area contributed by atoms with Gasteiger partial charge in [-0.25, -0.2) is 0 Å². The van der Waals surface area contributed by atoms with Gasteiger partial charge in [-0.1, -0.05) is 34.1 Å².